The normalized spacial score (nSPS) is 9.94. The van der Waals surface area contributed by atoms with Crippen LogP contribution in [0.4, 0.5) is 5.69 Å². The van der Waals surface area contributed by atoms with E-state index in [0.717, 1.165) is 24.8 Å². The molecule has 0 aliphatic rings. The molecule has 0 bridgehead atoms. The van der Waals surface area contributed by atoms with Crippen molar-refractivity contribution < 1.29 is 0 Å². The van der Waals surface area contributed by atoms with Gasteiger partial charge in [0.1, 0.15) is 6.07 Å². The van der Waals surface area contributed by atoms with E-state index in [1.165, 1.54) is 5.56 Å². The van der Waals surface area contributed by atoms with Gasteiger partial charge >= 0.3 is 0 Å². The molecule has 90 valence electrons. The highest BCUT2D eigenvalue weighted by Crippen LogP contribution is 2.18. The molecule has 2 nitrogen and oxygen atoms in total. The molecule has 0 aliphatic carbocycles. The molecular weight excluding hydrogens is 220 g/mol. The van der Waals surface area contributed by atoms with Gasteiger partial charge in [0.2, 0.25) is 0 Å². The van der Waals surface area contributed by atoms with Gasteiger partial charge in [-0.1, -0.05) is 42.5 Å². The van der Waals surface area contributed by atoms with E-state index in [1.54, 1.807) is 6.07 Å². The van der Waals surface area contributed by atoms with Gasteiger partial charge in [-0.2, -0.15) is 5.26 Å². The lowest BCUT2D eigenvalue weighted by molar-refractivity contribution is 0.819. The van der Waals surface area contributed by atoms with Crippen LogP contribution in [0.1, 0.15) is 23.1 Å². The molecule has 0 amide bonds. The fourth-order valence-corrected chi connectivity index (χ4v) is 2.09. The monoisotopic (exact) mass is 236 g/mol. The van der Waals surface area contributed by atoms with Gasteiger partial charge in [0, 0.05) is 5.69 Å². The van der Waals surface area contributed by atoms with Crippen molar-refractivity contribution in [1.29, 1.82) is 5.26 Å². The van der Waals surface area contributed by atoms with E-state index in [-0.39, 0.29) is 0 Å². The van der Waals surface area contributed by atoms with E-state index in [1.807, 2.05) is 18.2 Å². The second kappa shape index (κ2) is 5.88. The van der Waals surface area contributed by atoms with Crippen LogP contribution in [-0.2, 0) is 12.8 Å². The summed E-state index contributed by atoms with van der Waals surface area (Å²) in [6.07, 6.45) is 2.95. The Morgan fingerprint density at radius 3 is 2.44 bits per heavy atom. The standard InChI is InChI=1S/C16H16N2/c17-12-15-14(10-5-11-16(15)18)9-4-8-13-6-2-1-3-7-13/h1-3,5-7,10-11H,4,8-9,18H2. The molecule has 2 N–H and O–H groups in total. The number of anilines is 1. The molecule has 0 saturated carbocycles. The predicted octanol–water partition coefficient (Wildman–Crippen LogP) is 3.32. The zero-order chi connectivity index (χ0) is 12.8. The first-order chi connectivity index (χ1) is 8.81. The molecule has 0 unspecified atom stereocenters. The third-order valence-corrected chi connectivity index (χ3v) is 3.05. The summed E-state index contributed by atoms with van der Waals surface area (Å²) in [4.78, 5) is 0. The summed E-state index contributed by atoms with van der Waals surface area (Å²) in [7, 11) is 0. The maximum atomic E-state index is 9.09. The Bertz CT molecular complexity index is 553. The lowest BCUT2D eigenvalue weighted by Crippen LogP contribution is -1.97. The molecule has 0 atom stereocenters. The summed E-state index contributed by atoms with van der Waals surface area (Å²) in [6, 6.07) is 18.2. The second-order valence-corrected chi connectivity index (χ2v) is 4.33. The largest absolute Gasteiger partial charge is 0.398 e. The van der Waals surface area contributed by atoms with Crippen molar-refractivity contribution in [2.24, 2.45) is 0 Å². The van der Waals surface area contributed by atoms with E-state index in [2.05, 4.69) is 30.3 Å². The van der Waals surface area contributed by atoms with Crippen LogP contribution in [0.25, 0.3) is 0 Å². The number of hydrogen-bond acceptors (Lipinski definition) is 2. The SMILES string of the molecule is N#Cc1c(N)cccc1CCCc1ccccc1. The van der Waals surface area contributed by atoms with E-state index in [0.29, 0.717) is 11.3 Å². The molecular formula is C16H16N2. The van der Waals surface area contributed by atoms with Crippen LogP contribution in [0.5, 0.6) is 0 Å². The number of nitrogens with zero attached hydrogens (tertiary/aromatic N) is 1. The maximum absolute atomic E-state index is 9.09. The molecule has 0 spiro atoms. The van der Waals surface area contributed by atoms with Crippen molar-refractivity contribution in [1.82, 2.24) is 0 Å². The topological polar surface area (TPSA) is 49.8 Å². The first kappa shape index (κ1) is 12.2. The van der Waals surface area contributed by atoms with Gasteiger partial charge in [-0.15, -0.1) is 0 Å². The van der Waals surface area contributed by atoms with Gasteiger partial charge < -0.3 is 5.73 Å². The molecule has 2 aromatic carbocycles. The Hall–Kier alpha value is -2.27. The van der Waals surface area contributed by atoms with Gasteiger partial charge in [0.25, 0.3) is 0 Å². The summed E-state index contributed by atoms with van der Waals surface area (Å²) in [5.41, 5.74) is 9.38. The smallest absolute Gasteiger partial charge is 0.102 e. The number of aryl methyl sites for hydroxylation is 2. The van der Waals surface area contributed by atoms with Crippen molar-refractivity contribution in [3.8, 4) is 6.07 Å². The van der Waals surface area contributed by atoms with Gasteiger partial charge in [0.05, 0.1) is 5.56 Å². The van der Waals surface area contributed by atoms with Gasteiger partial charge in [-0.05, 0) is 36.5 Å². The average molecular weight is 236 g/mol. The zero-order valence-electron chi connectivity index (χ0n) is 10.3. The van der Waals surface area contributed by atoms with E-state index in [9.17, 15) is 0 Å². The molecule has 2 rings (SSSR count). The quantitative estimate of drug-likeness (QED) is 0.828. The Balaban J connectivity index is 1.99. The molecule has 0 radical (unpaired) electrons. The Kier molecular flexibility index (Phi) is 3.98. The number of nitrogen functional groups attached to an aromatic ring is 1. The van der Waals surface area contributed by atoms with Gasteiger partial charge in [-0.3, -0.25) is 0 Å². The van der Waals surface area contributed by atoms with Crippen molar-refractivity contribution in [2.45, 2.75) is 19.3 Å². The predicted molar refractivity (Wildman–Crippen MR) is 74.0 cm³/mol. The van der Waals surface area contributed by atoms with Gasteiger partial charge in [-0.25, -0.2) is 0 Å². The molecule has 0 saturated heterocycles. The van der Waals surface area contributed by atoms with Crippen LogP contribution in [-0.4, -0.2) is 0 Å². The molecule has 2 aromatic rings. The van der Waals surface area contributed by atoms with E-state index in [4.69, 9.17) is 11.0 Å². The Morgan fingerprint density at radius 1 is 0.944 bits per heavy atom. The zero-order valence-corrected chi connectivity index (χ0v) is 10.3. The fraction of sp³-hybridized carbons (Fsp3) is 0.188. The van der Waals surface area contributed by atoms with E-state index >= 15 is 0 Å². The van der Waals surface area contributed by atoms with Crippen molar-refractivity contribution in [3.63, 3.8) is 0 Å². The molecule has 0 aliphatic heterocycles. The van der Waals surface area contributed by atoms with Crippen molar-refractivity contribution in [2.75, 3.05) is 5.73 Å². The van der Waals surface area contributed by atoms with Crippen LogP contribution in [0, 0.1) is 11.3 Å². The Morgan fingerprint density at radius 2 is 1.72 bits per heavy atom. The third kappa shape index (κ3) is 2.89. The highest BCUT2D eigenvalue weighted by atomic mass is 14.6. The highest BCUT2D eigenvalue weighted by Gasteiger charge is 2.05. The Labute approximate surface area is 108 Å². The van der Waals surface area contributed by atoms with Gasteiger partial charge in [0.15, 0.2) is 0 Å². The number of hydrogen-bond donors (Lipinski definition) is 1. The molecule has 0 heterocycles. The van der Waals surface area contributed by atoms with Crippen LogP contribution in [0.3, 0.4) is 0 Å². The van der Waals surface area contributed by atoms with E-state index < -0.39 is 0 Å². The second-order valence-electron chi connectivity index (χ2n) is 4.33. The van der Waals surface area contributed by atoms with Crippen LogP contribution in [0.15, 0.2) is 48.5 Å². The highest BCUT2D eigenvalue weighted by molar-refractivity contribution is 5.57. The van der Waals surface area contributed by atoms with Crippen LogP contribution < -0.4 is 5.73 Å². The minimum Gasteiger partial charge on any atom is -0.398 e. The first-order valence-corrected chi connectivity index (χ1v) is 6.12. The lowest BCUT2D eigenvalue weighted by atomic mass is 9.99. The third-order valence-electron chi connectivity index (χ3n) is 3.05. The average Bonchev–Trinajstić information content (AvgIpc) is 2.40. The summed E-state index contributed by atoms with van der Waals surface area (Å²) in [6.45, 7) is 0. The number of nitrogens with two attached hydrogens (primary N) is 1. The summed E-state index contributed by atoms with van der Waals surface area (Å²) < 4.78 is 0. The van der Waals surface area contributed by atoms with Crippen molar-refractivity contribution in [3.05, 3.63) is 65.2 Å². The molecule has 0 fully saturated rings. The van der Waals surface area contributed by atoms with Crippen molar-refractivity contribution >= 4 is 5.69 Å². The lowest BCUT2D eigenvalue weighted by Gasteiger charge is -2.06. The minimum absolute atomic E-state index is 0.578. The first-order valence-electron chi connectivity index (χ1n) is 6.12. The molecule has 18 heavy (non-hydrogen) atoms. The minimum atomic E-state index is 0.578. The number of benzene rings is 2. The maximum Gasteiger partial charge on any atom is 0.102 e. The fourth-order valence-electron chi connectivity index (χ4n) is 2.09. The number of rotatable bonds is 4. The summed E-state index contributed by atoms with van der Waals surface area (Å²) in [5, 5.41) is 9.09. The molecule has 2 heteroatoms. The molecule has 0 aromatic heterocycles. The van der Waals surface area contributed by atoms with Crippen LogP contribution in [0.2, 0.25) is 0 Å². The summed E-state index contributed by atoms with van der Waals surface area (Å²) >= 11 is 0. The number of nitriles is 1. The van der Waals surface area contributed by atoms with Crippen LogP contribution >= 0.6 is 0 Å². The summed E-state index contributed by atoms with van der Waals surface area (Å²) in [5.74, 6) is 0.